The van der Waals surface area contributed by atoms with Crippen LogP contribution in [0.1, 0.15) is 11.8 Å². The van der Waals surface area contributed by atoms with Crippen LogP contribution in [0.4, 0.5) is 5.69 Å². The molecule has 1 aromatic carbocycles. The van der Waals surface area contributed by atoms with E-state index in [0.717, 1.165) is 22.6 Å². The van der Waals surface area contributed by atoms with Crippen LogP contribution in [0.5, 0.6) is 5.75 Å². The van der Waals surface area contributed by atoms with Crippen molar-refractivity contribution in [2.45, 2.75) is 13.8 Å². The summed E-state index contributed by atoms with van der Waals surface area (Å²) in [6, 6.07) is 8.07. The Balaban J connectivity index is 2.35. The number of nitrogen functional groups attached to an aromatic ring is 1. The first-order chi connectivity index (χ1) is 7.72. The standard InChI is InChI=1S/C13H15NOS/c1-3-15-11-6-4-10(5-7-11)13-9(2)16-8-12(13)14/h4-8H,3,14H2,1-2H3. The summed E-state index contributed by atoms with van der Waals surface area (Å²) in [6.45, 7) is 4.76. The van der Waals surface area contributed by atoms with Gasteiger partial charge in [-0.25, -0.2) is 0 Å². The van der Waals surface area contributed by atoms with E-state index < -0.39 is 0 Å². The molecule has 2 rings (SSSR count). The molecule has 0 aliphatic rings. The van der Waals surface area contributed by atoms with Crippen molar-refractivity contribution in [1.82, 2.24) is 0 Å². The predicted molar refractivity (Wildman–Crippen MR) is 70.1 cm³/mol. The van der Waals surface area contributed by atoms with E-state index in [2.05, 4.69) is 19.1 Å². The van der Waals surface area contributed by atoms with Gasteiger partial charge in [0.15, 0.2) is 0 Å². The zero-order valence-corrected chi connectivity index (χ0v) is 10.3. The third kappa shape index (κ3) is 2.04. The van der Waals surface area contributed by atoms with Crippen LogP contribution in [0, 0.1) is 6.92 Å². The van der Waals surface area contributed by atoms with Crippen LogP contribution in [-0.4, -0.2) is 6.61 Å². The van der Waals surface area contributed by atoms with Crippen LogP contribution in [0.15, 0.2) is 29.6 Å². The number of rotatable bonds is 3. The zero-order chi connectivity index (χ0) is 11.5. The Kier molecular flexibility index (Phi) is 3.15. The van der Waals surface area contributed by atoms with E-state index >= 15 is 0 Å². The van der Waals surface area contributed by atoms with E-state index in [9.17, 15) is 0 Å². The molecule has 2 nitrogen and oxygen atoms in total. The molecule has 84 valence electrons. The van der Waals surface area contributed by atoms with E-state index in [1.165, 1.54) is 4.88 Å². The predicted octanol–water partition coefficient (Wildman–Crippen LogP) is 3.70. The lowest BCUT2D eigenvalue weighted by molar-refractivity contribution is 0.340. The third-order valence-corrected chi connectivity index (χ3v) is 3.39. The van der Waals surface area contributed by atoms with Gasteiger partial charge in [0, 0.05) is 15.8 Å². The lowest BCUT2D eigenvalue weighted by Gasteiger charge is -2.05. The summed E-state index contributed by atoms with van der Waals surface area (Å²) >= 11 is 1.68. The van der Waals surface area contributed by atoms with Gasteiger partial charge in [0.05, 0.1) is 12.3 Å². The molecule has 0 spiro atoms. The smallest absolute Gasteiger partial charge is 0.119 e. The van der Waals surface area contributed by atoms with E-state index in [0.29, 0.717) is 6.61 Å². The Morgan fingerprint density at radius 3 is 2.44 bits per heavy atom. The maximum absolute atomic E-state index is 5.95. The van der Waals surface area contributed by atoms with Crippen molar-refractivity contribution >= 4 is 17.0 Å². The molecule has 1 heterocycles. The highest BCUT2D eigenvalue weighted by molar-refractivity contribution is 7.11. The SMILES string of the molecule is CCOc1ccc(-c2c(N)csc2C)cc1. The van der Waals surface area contributed by atoms with Gasteiger partial charge in [0.25, 0.3) is 0 Å². The Morgan fingerprint density at radius 2 is 1.94 bits per heavy atom. The molecular weight excluding hydrogens is 218 g/mol. The number of hydrogen-bond acceptors (Lipinski definition) is 3. The molecule has 2 N–H and O–H groups in total. The van der Waals surface area contributed by atoms with Gasteiger partial charge >= 0.3 is 0 Å². The molecule has 0 saturated heterocycles. The van der Waals surface area contributed by atoms with Crippen molar-refractivity contribution in [2.75, 3.05) is 12.3 Å². The van der Waals surface area contributed by atoms with Gasteiger partial charge < -0.3 is 10.5 Å². The summed E-state index contributed by atoms with van der Waals surface area (Å²) in [5, 5.41) is 1.99. The molecule has 16 heavy (non-hydrogen) atoms. The minimum Gasteiger partial charge on any atom is -0.494 e. The zero-order valence-electron chi connectivity index (χ0n) is 9.49. The van der Waals surface area contributed by atoms with Crippen molar-refractivity contribution in [2.24, 2.45) is 0 Å². The molecular formula is C13H15NOS. The Hall–Kier alpha value is -1.48. The second kappa shape index (κ2) is 4.58. The highest BCUT2D eigenvalue weighted by Gasteiger charge is 2.08. The molecule has 2 aromatic rings. The first-order valence-corrected chi connectivity index (χ1v) is 6.17. The maximum atomic E-state index is 5.95. The quantitative estimate of drug-likeness (QED) is 0.877. The minimum atomic E-state index is 0.693. The summed E-state index contributed by atoms with van der Waals surface area (Å²) in [5.41, 5.74) is 9.10. The van der Waals surface area contributed by atoms with Crippen LogP contribution in [0.25, 0.3) is 11.1 Å². The number of ether oxygens (including phenoxy) is 1. The summed E-state index contributed by atoms with van der Waals surface area (Å²) in [5.74, 6) is 0.901. The van der Waals surface area contributed by atoms with Crippen molar-refractivity contribution in [3.63, 3.8) is 0 Å². The summed E-state index contributed by atoms with van der Waals surface area (Å²) < 4.78 is 5.41. The van der Waals surface area contributed by atoms with Crippen LogP contribution >= 0.6 is 11.3 Å². The Labute approximate surface area is 99.7 Å². The van der Waals surface area contributed by atoms with E-state index in [-0.39, 0.29) is 0 Å². The molecule has 0 saturated carbocycles. The molecule has 0 radical (unpaired) electrons. The normalized spacial score (nSPS) is 10.4. The Morgan fingerprint density at radius 1 is 1.25 bits per heavy atom. The number of thiophene rings is 1. The third-order valence-electron chi connectivity index (χ3n) is 2.46. The van der Waals surface area contributed by atoms with Gasteiger partial charge in [-0.15, -0.1) is 11.3 Å². The Bertz CT molecular complexity index is 454. The monoisotopic (exact) mass is 233 g/mol. The van der Waals surface area contributed by atoms with Gasteiger partial charge in [0.1, 0.15) is 5.75 Å². The number of benzene rings is 1. The summed E-state index contributed by atoms with van der Waals surface area (Å²) in [4.78, 5) is 1.25. The molecule has 0 bridgehead atoms. The minimum absolute atomic E-state index is 0.693. The fraction of sp³-hybridized carbons (Fsp3) is 0.231. The topological polar surface area (TPSA) is 35.2 Å². The van der Waals surface area contributed by atoms with Gasteiger partial charge in [0.2, 0.25) is 0 Å². The number of aryl methyl sites for hydroxylation is 1. The van der Waals surface area contributed by atoms with Crippen LogP contribution < -0.4 is 10.5 Å². The average molecular weight is 233 g/mol. The fourth-order valence-electron chi connectivity index (χ4n) is 1.73. The molecule has 0 aliphatic carbocycles. The largest absolute Gasteiger partial charge is 0.494 e. The maximum Gasteiger partial charge on any atom is 0.119 e. The fourth-order valence-corrected chi connectivity index (χ4v) is 2.50. The second-order valence-electron chi connectivity index (χ2n) is 3.58. The summed E-state index contributed by atoms with van der Waals surface area (Å²) in [6.07, 6.45) is 0. The second-order valence-corrected chi connectivity index (χ2v) is 4.66. The van der Waals surface area contributed by atoms with Crippen molar-refractivity contribution in [3.8, 4) is 16.9 Å². The number of anilines is 1. The number of hydrogen-bond donors (Lipinski definition) is 1. The van der Waals surface area contributed by atoms with E-state index in [4.69, 9.17) is 10.5 Å². The van der Waals surface area contributed by atoms with Crippen LogP contribution in [-0.2, 0) is 0 Å². The van der Waals surface area contributed by atoms with Crippen molar-refractivity contribution in [1.29, 1.82) is 0 Å². The molecule has 3 heteroatoms. The van der Waals surface area contributed by atoms with Crippen molar-refractivity contribution < 1.29 is 4.74 Å². The molecule has 0 atom stereocenters. The van der Waals surface area contributed by atoms with Gasteiger partial charge in [-0.3, -0.25) is 0 Å². The lowest BCUT2D eigenvalue weighted by Crippen LogP contribution is -1.91. The molecule has 0 fully saturated rings. The van der Waals surface area contributed by atoms with Crippen molar-refractivity contribution in [3.05, 3.63) is 34.5 Å². The first kappa shape index (κ1) is 11.0. The molecule has 0 aliphatic heterocycles. The summed E-state index contributed by atoms with van der Waals surface area (Å²) in [7, 11) is 0. The lowest BCUT2D eigenvalue weighted by atomic mass is 10.1. The average Bonchev–Trinajstić information content (AvgIpc) is 2.61. The highest BCUT2D eigenvalue weighted by atomic mass is 32.1. The number of nitrogens with two attached hydrogens (primary N) is 1. The highest BCUT2D eigenvalue weighted by Crippen LogP contribution is 2.34. The van der Waals surface area contributed by atoms with E-state index in [1.807, 2.05) is 24.4 Å². The van der Waals surface area contributed by atoms with Gasteiger partial charge in [-0.1, -0.05) is 12.1 Å². The first-order valence-electron chi connectivity index (χ1n) is 5.29. The molecule has 1 aromatic heterocycles. The van der Waals surface area contributed by atoms with Crippen LogP contribution in [0.2, 0.25) is 0 Å². The van der Waals surface area contributed by atoms with E-state index in [1.54, 1.807) is 11.3 Å². The van der Waals surface area contributed by atoms with Crippen LogP contribution in [0.3, 0.4) is 0 Å². The van der Waals surface area contributed by atoms with Gasteiger partial charge in [-0.2, -0.15) is 0 Å². The molecule has 0 unspecified atom stereocenters. The van der Waals surface area contributed by atoms with Gasteiger partial charge in [-0.05, 0) is 31.5 Å². The molecule has 0 amide bonds.